The first kappa shape index (κ1) is 15.2. The highest BCUT2D eigenvalue weighted by atomic mass is 16.6. The van der Waals surface area contributed by atoms with Crippen molar-refractivity contribution in [2.75, 3.05) is 26.8 Å². The maximum atomic E-state index is 12.2. The number of likely N-dealkylation sites (N-methyl/N-ethyl adjacent to an activating group) is 1. The number of hydrogen-bond donors (Lipinski definition) is 1. The fourth-order valence-electron chi connectivity index (χ4n) is 2.01. The molecule has 0 radical (unpaired) electrons. The molecule has 0 aliphatic carbocycles. The van der Waals surface area contributed by atoms with Gasteiger partial charge in [-0.1, -0.05) is 0 Å². The zero-order valence-corrected chi connectivity index (χ0v) is 12.5. The average molecular weight is 292 g/mol. The van der Waals surface area contributed by atoms with E-state index in [4.69, 9.17) is 9.47 Å². The molecule has 2 rings (SSSR count). The second kappa shape index (κ2) is 6.47. The van der Waals surface area contributed by atoms with Crippen LogP contribution in [0.3, 0.4) is 0 Å². The molecule has 1 aromatic carbocycles. The summed E-state index contributed by atoms with van der Waals surface area (Å²) < 4.78 is 10.8. The minimum Gasteiger partial charge on any atom is -0.486 e. The van der Waals surface area contributed by atoms with Crippen LogP contribution in [0.25, 0.3) is 0 Å². The van der Waals surface area contributed by atoms with Gasteiger partial charge in [-0.15, -0.1) is 0 Å². The van der Waals surface area contributed by atoms with Crippen LogP contribution in [0.5, 0.6) is 11.5 Å². The first-order valence-electron chi connectivity index (χ1n) is 6.98. The fraction of sp³-hybridized carbons (Fsp3) is 0.467. The highest BCUT2D eigenvalue weighted by Gasteiger charge is 2.20. The summed E-state index contributed by atoms with van der Waals surface area (Å²) in [5.41, 5.74) is 0.443. The molecule has 21 heavy (non-hydrogen) atoms. The lowest BCUT2D eigenvalue weighted by Gasteiger charge is -2.21. The number of carbonyl (C=O) groups excluding carboxylic acids is 2. The summed E-state index contributed by atoms with van der Waals surface area (Å²) in [6, 6.07) is 4.41. The molecule has 1 atom stereocenters. The van der Waals surface area contributed by atoms with Crippen LogP contribution in [0.4, 0.5) is 0 Å². The number of carbonyl (C=O) groups is 2. The van der Waals surface area contributed by atoms with Gasteiger partial charge in [-0.05, 0) is 32.0 Å². The third kappa shape index (κ3) is 3.45. The van der Waals surface area contributed by atoms with Crippen LogP contribution in [0.15, 0.2) is 18.2 Å². The van der Waals surface area contributed by atoms with E-state index < -0.39 is 6.04 Å². The lowest BCUT2D eigenvalue weighted by atomic mass is 10.1. The van der Waals surface area contributed by atoms with Crippen molar-refractivity contribution in [3.63, 3.8) is 0 Å². The van der Waals surface area contributed by atoms with Gasteiger partial charge < -0.3 is 19.7 Å². The van der Waals surface area contributed by atoms with Gasteiger partial charge in [0.05, 0.1) is 0 Å². The van der Waals surface area contributed by atoms with E-state index in [2.05, 4.69) is 5.32 Å². The molecule has 1 aromatic rings. The second-order valence-electron chi connectivity index (χ2n) is 4.91. The molecule has 6 heteroatoms. The maximum Gasteiger partial charge on any atom is 0.252 e. The van der Waals surface area contributed by atoms with Crippen molar-refractivity contribution in [2.45, 2.75) is 19.9 Å². The number of nitrogens with zero attached hydrogens (tertiary/aromatic N) is 1. The summed E-state index contributed by atoms with van der Waals surface area (Å²) in [7, 11) is 1.70. The van der Waals surface area contributed by atoms with Crippen LogP contribution in [0, 0.1) is 0 Å². The van der Waals surface area contributed by atoms with E-state index in [1.807, 2.05) is 6.92 Å². The van der Waals surface area contributed by atoms with Crippen LogP contribution in [0.1, 0.15) is 24.2 Å². The van der Waals surface area contributed by atoms with Crippen LogP contribution < -0.4 is 14.8 Å². The van der Waals surface area contributed by atoms with E-state index in [-0.39, 0.29) is 11.8 Å². The monoisotopic (exact) mass is 292 g/mol. The maximum absolute atomic E-state index is 12.2. The Morgan fingerprint density at radius 1 is 1.29 bits per heavy atom. The number of fused-ring (bicyclic) bond motifs is 1. The summed E-state index contributed by atoms with van der Waals surface area (Å²) in [5.74, 6) is 0.756. The van der Waals surface area contributed by atoms with Gasteiger partial charge in [0.25, 0.3) is 5.91 Å². The molecule has 0 unspecified atom stereocenters. The third-order valence-corrected chi connectivity index (χ3v) is 3.37. The van der Waals surface area contributed by atoms with Gasteiger partial charge in [-0.3, -0.25) is 9.59 Å². The van der Waals surface area contributed by atoms with E-state index in [9.17, 15) is 9.59 Å². The molecule has 114 valence electrons. The van der Waals surface area contributed by atoms with Crippen molar-refractivity contribution in [1.29, 1.82) is 0 Å². The summed E-state index contributed by atoms with van der Waals surface area (Å²) >= 11 is 0. The van der Waals surface area contributed by atoms with Gasteiger partial charge in [0, 0.05) is 19.2 Å². The van der Waals surface area contributed by atoms with E-state index >= 15 is 0 Å². The zero-order valence-electron chi connectivity index (χ0n) is 12.5. The number of rotatable bonds is 4. The SMILES string of the molecule is CCN(C)C(=O)[C@H](C)NC(=O)c1ccc2c(c1)OCCO2. The average Bonchev–Trinajstić information content (AvgIpc) is 2.52. The Bertz CT molecular complexity index is 544. The van der Waals surface area contributed by atoms with E-state index in [1.54, 1.807) is 37.1 Å². The molecule has 1 N–H and O–H groups in total. The topological polar surface area (TPSA) is 67.9 Å². The van der Waals surface area contributed by atoms with Gasteiger partial charge in [-0.2, -0.15) is 0 Å². The Kier molecular flexibility index (Phi) is 4.67. The molecule has 0 saturated heterocycles. The van der Waals surface area contributed by atoms with Crippen molar-refractivity contribution in [3.05, 3.63) is 23.8 Å². The molecule has 0 aromatic heterocycles. The van der Waals surface area contributed by atoms with E-state index in [1.165, 1.54) is 0 Å². The Balaban J connectivity index is 2.05. The minimum absolute atomic E-state index is 0.122. The Morgan fingerprint density at radius 3 is 2.62 bits per heavy atom. The first-order valence-corrected chi connectivity index (χ1v) is 6.98. The molecule has 6 nitrogen and oxygen atoms in total. The second-order valence-corrected chi connectivity index (χ2v) is 4.91. The van der Waals surface area contributed by atoms with Crippen LogP contribution in [-0.2, 0) is 4.79 Å². The molecule has 1 aliphatic heterocycles. The molecule has 0 bridgehead atoms. The van der Waals surface area contributed by atoms with Crippen molar-refractivity contribution < 1.29 is 19.1 Å². The number of nitrogens with one attached hydrogen (secondary N) is 1. The van der Waals surface area contributed by atoms with Gasteiger partial charge in [-0.25, -0.2) is 0 Å². The van der Waals surface area contributed by atoms with Gasteiger partial charge >= 0.3 is 0 Å². The summed E-state index contributed by atoms with van der Waals surface area (Å²) in [6.45, 7) is 5.13. The van der Waals surface area contributed by atoms with E-state index in [0.717, 1.165) is 0 Å². The number of benzene rings is 1. The Labute approximate surface area is 124 Å². The van der Waals surface area contributed by atoms with Crippen molar-refractivity contribution in [3.8, 4) is 11.5 Å². The smallest absolute Gasteiger partial charge is 0.252 e. The molecular formula is C15H20N2O4. The quantitative estimate of drug-likeness (QED) is 0.901. The molecule has 0 fully saturated rings. The largest absolute Gasteiger partial charge is 0.486 e. The van der Waals surface area contributed by atoms with Gasteiger partial charge in [0.2, 0.25) is 5.91 Å². The van der Waals surface area contributed by atoms with Gasteiger partial charge in [0.1, 0.15) is 19.3 Å². The summed E-state index contributed by atoms with van der Waals surface area (Å²) in [4.78, 5) is 25.7. The van der Waals surface area contributed by atoms with Crippen molar-refractivity contribution in [2.24, 2.45) is 0 Å². The zero-order chi connectivity index (χ0) is 15.4. The molecular weight excluding hydrogens is 272 g/mol. The first-order chi connectivity index (χ1) is 10.0. The fourth-order valence-corrected chi connectivity index (χ4v) is 2.01. The van der Waals surface area contributed by atoms with Gasteiger partial charge in [0.15, 0.2) is 11.5 Å². The lowest BCUT2D eigenvalue weighted by molar-refractivity contribution is -0.131. The van der Waals surface area contributed by atoms with Crippen LogP contribution in [0.2, 0.25) is 0 Å². The Hall–Kier alpha value is -2.24. The van der Waals surface area contributed by atoms with Crippen LogP contribution in [-0.4, -0.2) is 49.6 Å². The standard InChI is InChI=1S/C15H20N2O4/c1-4-17(3)15(19)10(2)16-14(18)11-5-6-12-13(9-11)21-8-7-20-12/h5-6,9-10H,4,7-8H2,1-3H3,(H,16,18)/t10-/m0/s1. The third-order valence-electron chi connectivity index (χ3n) is 3.37. The molecule has 0 saturated carbocycles. The minimum atomic E-state index is -0.573. The predicted octanol–water partition coefficient (Wildman–Crippen LogP) is 1.05. The number of ether oxygens (including phenoxy) is 2. The number of amides is 2. The van der Waals surface area contributed by atoms with Crippen molar-refractivity contribution in [1.82, 2.24) is 10.2 Å². The highest BCUT2D eigenvalue weighted by Crippen LogP contribution is 2.30. The van der Waals surface area contributed by atoms with Crippen molar-refractivity contribution >= 4 is 11.8 Å². The molecule has 1 heterocycles. The summed E-state index contributed by atoms with van der Waals surface area (Å²) in [6.07, 6.45) is 0. The molecule has 1 aliphatic rings. The molecule has 2 amide bonds. The lowest BCUT2D eigenvalue weighted by Crippen LogP contribution is -2.45. The number of hydrogen-bond acceptors (Lipinski definition) is 4. The molecule has 0 spiro atoms. The Morgan fingerprint density at radius 2 is 1.95 bits per heavy atom. The normalized spacial score (nSPS) is 14.2. The van der Waals surface area contributed by atoms with E-state index in [0.29, 0.717) is 36.8 Å². The summed E-state index contributed by atoms with van der Waals surface area (Å²) in [5, 5.41) is 2.69. The predicted molar refractivity (Wildman–Crippen MR) is 77.7 cm³/mol. The van der Waals surface area contributed by atoms with Crippen LogP contribution >= 0.6 is 0 Å². The highest BCUT2D eigenvalue weighted by molar-refractivity contribution is 5.97.